The summed E-state index contributed by atoms with van der Waals surface area (Å²) in [7, 11) is 1.62. The van der Waals surface area contributed by atoms with Crippen molar-refractivity contribution in [2.45, 2.75) is 32.2 Å². The van der Waals surface area contributed by atoms with Crippen molar-refractivity contribution in [1.82, 2.24) is 4.90 Å². The summed E-state index contributed by atoms with van der Waals surface area (Å²) in [6.07, 6.45) is 0. The van der Waals surface area contributed by atoms with Crippen LogP contribution in [0.25, 0.3) is 0 Å². The van der Waals surface area contributed by atoms with Crippen LogP contribution in [-0.4, -0.2) is 36.1 Å². The molecule has 0 N–H and O–H groups in total. The van der Waals surface area contributed by atoms with Crippen LogP contribution in [0.3, 0.4) is 0 Å². The minimum atomic E-state index is -1.00. The Hall–Kier alpha value is -2.47. The van der Waals surface area contributed by atoms with Crippen LogP contribution in [0.5, 0.6) is 5.75 Å². The third-order valence-corrected chi connectivity index (χ3v) is 7.04. The Morgan fingerprint density at radius 3 is 2.59 bits per heavy atom. The summed E-state index contributed by atoms with van der Waals surface area (Å²) < 4.78 is 5.44. The van der Waals surface area contributed by atoms with E-state index in [2.05, 4.69) is 24.3 Å². The number of hydrogen-bond donors (Lipinski definition) is 0. The quantitative estimate of drug-likeness (QED) is 0.766. The molecule has 2 aliphatic rings. The average molecular weight is 411 g/mol. The Morgan fingerprint density at radius 2 is 1.93 bits per heavy atom. The van der Waals surface area contributed by atoms with Crippen molar-refractivity contribution in [3.8, 4) is 5.75 Å². The first-order chi connectivity index (χ1) is 13.9. The number of amides is 2. The molecule has 2 heterocycles. The molecule has 0 saturated carbocycles. The fourth-order valence-electron chi connectivity index (χ4n) is 4.09. The molecule has 0 radical (unpaired) electrons. The molecule has 0 bridgehead atoms. The van der Waals surface area contributed by atoms with Crippen molar-refractivity contribution >= 4 is 29.3 Å². The molecular weight excluding hydrogens is 384 g/mol. The molecular formula is C23H26N2O3S. The van der Waals surface area contributed by atoms with E-state index >= 15 is 0 Å². The molecule has 0 aliphatic carbocycles. The number of nitrogens with zero attached hydrogens (tertiary/aromatic N) is 2. The van der Waals surface area contributed by atoms with Gasteiger partial charge in [0, 0.05) is 23.8 Å². The van der Waals surface area contributed by atoms with E-state index in [-0.39, 0.29) is 17.7 Å². The molecule has 152 valence electrons. The zero-order valence-corrected chi connectivity index (χ0v) is 18.1. The van der Waals surface area contributed by atoms with Crippen LogP contribution in [0.2, 0.25) is 0 Å². The number of carbonyl (C=O) groups excluding carboxylic acids is 2. The van der Waals surface area contributed by atoms with E-state index in [4.69, 9.17) is 4.74 Å². The summed E-state index contributed by atoms with van der Waals surface area (Å²) in [4.78, 5) is 29.5. The van der Waals surface area contributed by atoms with E-state index in [9.17, 15) is 9.59 Å². The predicted octanol–water partition coefficient (Wildman–Crippen LogP) is 3.93. The van der Waals surface area contributed by atoms with Gasteiger partial charge >= 0.3 is 0 Å². The summed E-state index contributed by atoms with van der Waals surface area (Å²) in [5.74, 6) is 1.22. The van der Waals surface area contributed by atoms with E-state index in [1.807, 2.05) is 43.9 Å². The molecule has 5 nitrogen and oxygen atoms in total. The van der Waals surface area contributed by atoms with Crippen molar-refractivity contribution in [3.63, 3.8) is 0 Å². The molecule has 4 rings (SSSR count). The summed E-state index contributed by atoms with van der Waals surface area (Å²) in [5.41, 5.74) is 3.95. The fourth-order valence-corrected chi connectivity index (χ4v) is 5.55. The van der Waals surface area contributed by atoms with Crippen molar-refractivity contribution in [2.24, 2.45) is 5.92 Å². The number of thioether (sulfide) groups is 1. The first-order valence-corrected chi connectivity index (χ1v) is 10.9. The largest absolute Gasteiger partial charge is 0.497 e. The highest BCUT2D eigenvalue weighted by molar-refractivity contribution is 8.01. The van der Waals surface area contributed by atoms with Crippen LogP contribution in [0, 0.1) is 12.8 Å². The summed E-state index contributed by atoms with van der Waals surface area (Å²) in [5, 5.41) is 0. The zero-order chi connectivity index (χ0) is 20.8. The van der Waals surface area contributed by atoms with Gasteiger partial charge in [0.2, 0.25) is 5.91 Å². The maximum atomic E-state index is 13.9. The number of hydrogen-bond acceptors (Lipinski definition) is 4. The van der Waals surface area contributed by atoms with Gasteiger partial charge in [0.05, 0.1) is 19.3 Å². The minimum absolute atomic E-state index is 0.00862. The molecule has 6 heteroatoms. The second kappa shape index (κ2) is 7.41. The Balaban J connectivity index is 1.82. The molecule has 2 amide bonds. The van der Waals surface area contributed by atoms with Gasteiger partial charge in [-0.2, -0.15) is 0 Å². The third kappa shape index (κ3) is 3.10. The maximum absolute atomic E-state index is 13.9. The van der Waals surface area contributed by atoms with E-state index in [0.717, 1.165) is 22.6 Å². The lowest BCUT2D eigenvalue weighted by molar-refractivity contribution is -0.142. The summed E-state index contributed by atoms with van der Waals surface area (Å²) >= 11 is 1.55. The molecule has 1 spiro atoms. The van der Waals surface area contributed by atoms with Gasteiger partial charge in [-0.15, -0.1) is 11.8 Å². The van der Waals surface area contributed by atoms with Gasteiger partial charge in [-0.1, -0.05) is 43.7 Å². The predicted molar refractivity (Wildman–Crippen MR) is 116 cm³/mol. The number of anilines is 1. The molecule has 0 unspecified atom stereocenters. The highest BCUT2D eigenvalue weighted by Gasteiger charge is 2.59. The monoisotopic (exact) mass is 410 g/mol. The Labute approximate surface area is 176 Å². The lowest BCUT2D eigenvalue weighted by Gasteiger charge is -2.34. The molecule has 1 atom stereocenters. The number of rotatable bonds is 4. The van der Waals surface area contributed by atoms with Gasteiger partial charge in [-0.25, -0.2) is 0 Å². The van der Waals surface area contributed by atoms with Gasteiger partial charge in [-0.3, -0.25) is 9.59 Å². The summed E-state index contributed by atoms with van der Waals surface area (Å²) in [6.45, 7) is 6.86. The average Bonchev–Trinajstić information content (AvgIpc) is 3.25. The Kier molecular flexibility index (Phi) is 5.07. The van der Waals surface area contributed by atoms with Gasteiger partial charge in [0.25, 0.3) is 5.91 Å². The molecule has 1 fully saturated rings. The molecule has 1 saturated heterocycles. The highest BCUT2D eigenvalue weighted by Crippen LogP contribution is 2.55. The maximum Gasteiger partial charge on any atom is 0.268 e. The minimum Gasteiger partial charge on any atom is -0.497 e. The molecule has 0 aromatic heterocycles. The molecule has 2 aromatic rings. The van der Waals surface area contributed by atoms with Crippen LogP contribution < -0.4 is 9.64 Å². The summed E-state index contributed by atoms with van der Waals surface area (Å²) in [6, 6.07) is 13.9. The van der Waals surface area contributed by atoms with Gasteiger partial charge < -0.3 is 14.5 Å². The number of methoxy groups -OCH3 is 1. The van der Waals surface area contributed by atoms with E-state index in [1.165, 1.54) is 5.56 Å². The van der Waals surface area contributed by atoms with Crippen molar-refractivity contribution < 1.29 is 14.3 Å². The second-order valence-electron chi connectivity index (χ2n) is 7.90. The van der Waals surface area contributed by atoms with E-state index in [1.54, 1.807) is 23.8 Å². The lowest BCUT2D eigenvalue weighted by atomic mass is 10.0. The lowest BCUT2D eigenvalue weighted by Crippen LogP contribution is -2.51. The SMILES string of the molecule is COc1ccc2c(c1)[C@@]1(SCCN1C(=O)C(C)C)C(=O)N2Cc1ccc(C)cc1. The standard InChI is InChI=1S/C23H26N2O3S/c1-15(2)21(26)25-11-12-29-23(25)19-13-18(28-4)9-10-20(19)24(22(23)27)14-17-7-5-16(3)6-8-17/h5-10,13,15H,11-12,14H2,1-4H3/t23-/m1/s1. The van der Waals surface area contributed by atoms with E-state index < -0.39 is 4.87 Å². The first-order valence-electron chi connectivity index (χ1n) is 9.90. The Bertz CT molecular complexity index is 957. The van der Waals surface area contributed by atoms with E-state index in [0.29, 0.717) is 18.8 Å². The number of aryl methyl sites for hydroxylation is 1. The smallest absolute Gasteiger partial charge is 0.268 e. The number of carbonyl (C=O) groups is 2. The van der Waals surface area contributed by atoms with Crippen molar-refractivity contribution in [1.29, 1.82) is 0 Å². The molecule has 2 aliphatic heterocycles. The third-order valence-electron chi connectivity index (χ3n) is 5.62. The van der Waals surface area contributed by atoms with Gasteiger partial charge in [0.1, 0.15) is 5.75 Å². The number of benzene rings is 2. The van der Waals surface area contributed by atoms with Gasteiger partial charge in [0.15, 0.2) is 4.87 Å². The van der Waals surface area contributed by atoms with Crippen LogP contribution in [0.15, 0.2) is 42.5 Å². The van der Waals surface area contributed by atoms with Crippen LogP contribution in [0.4, 0.5) is 5.69 Å². The van der Waals surface area contributed by atoms with Crippen LogP contribution in [-0.2, 0) is 21.0 Å². The second-order valence-corrected chi connectivity index (χ2v) is 9.18. The van der Waals surface area contributed by atoms with Crippen molar-refractivity contribution in [3.05, 3.63) is 59.2 Å². The number of ether oxygens (including phenoxy) is 1. The van der Waals surface area contributed by atoms with Crippen LogP contribution in [0.1, 0.15) is 30.5 Å². The zero-order valence-electron chi connectivity index (χ0n) is 17.3. The van der Waals surface area contributed by atoms with Crippen molar-refractivity contribution in [2.75, 3.05) is 24.3 Å². The Morgan fingerprint density at radius 1 is 1.21 bits per heavy atom. The number of fused-ring (bicyclic) bond motifs is 2. The normalized spacial score (nSPS) is 20.7. The topological polar surface area (TPSA) is 49.9 Å². The first kappa shape index (κ1) is 19.8. The molecule has 29 heavy (non-hydrogen) atoms. The van der Waals surface area contributed by atoms with Crippen LogP contribution >= 0.6 is 11.8 Å². The molecule has 2 aromatic carbocycles. The highest BCUT2D eigenvalue weighted by atomic mass is 32.2. The fraction of sp³-hybridized carbons (Fsp3) is 0.391. The van der Waals surface area contributed by atoms with Gasteiger partial charge in [-0.05, 0) is 30.7 Å².